The third kappa shape index (κ3) is 2.95. The summed E-state index contributed by atoms with van der Waals surface area (Å²) in [7, 11) is 2.98. The van der Waals surface area contributed by atoms with Gasteiger partial charge in [-0.15, -0.1) is 0 Å². The minimum absolute atomic E-state index is 0.0508. The highest BCUT2D eigenvalue weighted by Gasteiger charge is 2.51. The molecule has 4 N–H and O–H groups in total. The Morgan fingerprint density at radius 1 is 0.731 bits per heavy atom. The van der Waals surface area contributed by atoms with Crippen LogP contribution < -0.4 is 9.47 Å². The van der Waals surface area contributed by atoms with Gasteiger partial charge in [0.25, 0.3) is 0 Å². The van der Waals surface area contributed by atoms with E-state index >= 15 is 0 Å². The van der Waals surface area contributed by atoms with Crippen molar-refractivity contribution < 1.29 is 29.9 Å². The van der Waals surface area contributed by atoms with Crippen LogP contribution in [0.3, 0.4) is 0 Å². The Kier molecular flexibility index (Phi) is 5.25. The van der Waals surface area contributed by atoms with Crippen molar-refractivity contribution in [2.24, 2.45) is 11.8 Å². The third-order valence-electron chi connectivity index (χ3n) is 5.46. The van der Waals surface area contributed by atoms with Crippen LogP contribution in [0.5, 0.6) is 23.0 Å². The maximum Gasteiger partial charge on any atom is 0.160 e. The standard InChI is InChI=1S/C20H24O6/c1-25-17-7-11(3-5-15(17)23)19-13(9-21)14(10-22)20(19)12-4-6-16(24)18(8-12)26-2/h3-8,13-14,19-24H,9-10H2,1-2H3/t13-,14+,19+,20-. The van der Waals surface area contributed by atoms with Gasteiger partial charge in [-0.25, -0.2) is 0 Å². The van der Waals surface area contributed by atoms with Crippen LogP contribution in [-0.2, 0) is 0 Å². The second-order valence-corrected chi connectivity index (χ2v) is 6.61. The Hall–Kier alpha value is -2.44. The Balaban J connectivity index is 2.03. The summed E-state index contributed by atoms with van der Waals surface area (Å²) in [5.41, 5.74) is 1.83. The molecule has 0 unspecified atom stereocenters. The summed E-state index contributed by atoms with van der Waals surface area (Å²) in [6, 6.07) is 10.3. The lowest BCUT2D eigenvalue weighted by Gasteiger charge is -2.51. The molecule has 6 heteroatoms. The van der Waals surface area contributed by atoms with Gasteiger partial charge in [-0.1, -0.05) is 12.1 Å². The Morgan fingerprint density at radius 3 is 1.42 bits per heavy atom. The lowest BCUT2D eigenvalue weighted by atomic mass is 9.53. The first-order valence-corrected chi connectivity index (χ1v) is 8.51. The molecule has 4 atom stereocenters. The fourth-order valence-electron chi connectivity index (χ4n) is 4.13. The average molecular weight is 360 g/mol. The fourth-order valence-corrected chi connectivity index (χ4v) is 4.13. The van der Waals surface area contributed by atoms with Crippen molar-refractivity contribution in [3.05, 3.63) is 47.5 Å². The number of benzene rings is 2. The fraction of sp³-hybridized carbons (Fsp3) is 0.400. The van der Waals surface area contributed by atoms with Gasteiger partial charge < -0.3 is 29.9 Å². The van der Waals surface area contributed by atoms with Gasteiger partial charge in [0.1, 0.15) is 0 Å². The molecule has 2 aromatic carbocycles. The highest BCUT2D eigenvalue weighted by molar-refractivity contribution is 5.48. The number of phenols is 2. The van der Waals surface area contributed by atoms with E-state index in [4.69, 9.17) is 9.47 Å². The van der Waals surface area contributed by atoms with E-state index in [0.29, 0.717) is 11.5 Å². The Bertz CT molecular complexity index is 709. The summed E-state index contributed by atoms with van der Waals surface area (Å²) in [4.78, 5) is 0. The number of rotatable bonds is 6. The average Bonchev–Trinajstić information content (AvgIpc) is 2.64. The van der Waals surface area contributed by atoms with E-state index in [1.54, 1.807) is 24.3 Å². The molecule has 0 spiro atoms. The molecule has 1 saturated carbocycles. The highest BCUT2D eigenvalue weighted by Crippen LogP contribution is 2.58. The van der Waals surface area contributed by atoms with Crippen LogP contribution in [0.15, 0.2) is 36.4 Å². The summed E-state index contributed by atoms with van der Waals surface area (Å²) in [5.74, 6) is 0.512. The number of aliphatic hydroxyl groups is 2. The van der Waals surface area contributed by atoms with Crippen LogP contribution in [0.4, 0.5) is 0 Å². The van der Waals surface area contributed by atoms with Crippen molar-refractivity contribution >= 4 is 0 Å². The predicted molar refractivity (Wildman–Crippen MR) is 96.0 cm³/mol. The van der Waals surface area contributed by atoms with Crippen molar-refractivity contribution in [1.29, 1.82) is 0 Å². The molecule has 0 radical (unpaired) electrons. The predicted octanol–water partition coefficient (Wildman–Crippen LogP) is 2.21. The van der Waals surface area contributed by atoms with Crippen molar-refractivity contribution in [2.75, 3.05) is 27.4 Å². The summed E-state index contributed by atoms with van der Waals surface area (Å²) in [5, 5.41) is 39.4. The molecule has 3 rings (SSSR count). The second kappa shape index (κ2) is 7.43. The van der Waals surface area contributed by atoms with Crippen molar-refractivity contribution in [1.82, 2.24) is 0 Å². The van der Waals surface area contributed by atoms with Crippen LogP contribution in [0, 0.1) is 11.8 Å². The molecule has 0 aliphatic heterocycles. The first kappa shape index (κ1) is 18.4. The van der Waals surface area contributed by atoms with Crippen LogP contribution in [-0.4, -0.2) is 47.9 Å². The SMILES string of the molecule is COc1cc([C@@H]2[C@@H](CO)[C@@H](CO)[C@@H]2c2ccc(O)c(OC)c2)ccc1O. The van der Waals surface area contributed by atoms with Crippen molar-refractivity contribution in [2.45, 2.75) is 11.8 Å². The number of phenolic OH excluding ortho intramolecular Hbond substituents is 2. The number of methoxy groups -OCH3 is 2. The number of hydrogen-bond acceptors (Lipinski definition) is 6. The van der Waals surface area contributed by atoms with E-state index < -0.39 is 0 Å². The topological polar surface area (TPSA) is 99.4 Å². The molecule has 0 saturated heterocycles. The molecular formula is C20H24O6. The molecule has 0 bridgehead atoms. The summed E-state index contributed by atoms with van der Waals surface area (Å²) in [6.07, 6.45) is 0. The number of aromatic hydroxyl groups is 2. The highest BCUT2D eigenvalue weighted by atomic mass is 16.5. The summed E-state index contributed by atoms with van der Waals surface area (Å²) < 4.78 is 10.4. The zero-order valence-corrected chi connectivity index (χ0v) is 14.8. The normalized spacial score (nSPS) is 24.8. The largest absolute Gasteiger partial charge is 0.504 e. The quantitative estimate of drug-likeness (QED) is 0.630. The maximum absolute atomic E-state index is 9.85. The number of ether oxygens (including phenoxy) is 2. The smallest absolute Gasteiger partial charge is 0.160 e. The Labute approximate surface area is 152 Å². The third-order valence-corrected chi connectivity index (χ3v) is 5.46. The Morgan fingerprint density at radius 2 is 1.12 bits per heavy atom. The van der Waals surface area contributed by atoms with E-state index in [1.165, 1.54) is 14.2 Å². The first-order chi connectivity index (χ1) is 12.5. The molecule has 1 fully saturated rings. The maximum atomic E-state index is 9.85. The zero-order valence-electron chi connectivity index (χ0n) is 14.8. The van der Waals surface area contributed by atoms with Crippen LogP contribution >= 0.6 is 0 Å². The van der Waals surface area contributed by atoms with E-state index in [9.17, 15) is 20.4 Å². The molecule has 0 aromatic heterocycles. The lowest BCUT2D eigenvalue weighted by molar-refractivity contribution is -0.00331. The van der Waals surface area contributed by atoms with Gasteiger partial charge in [-0.05, 0) is 59.1 Å². The molecule has 140 valence electrons. The number of hydrogen-bond donors (Lipinski definition) is 4. The minimum Gasteiger partial charge on any atom is -0.504 e. The zero-order chi connectivity index (χ0) is 18.8. The van der Waals surface area contributed by atoms with Gasteiger partial charge in [0, 0.05) is 13.2 Å². The monoisotopic (exact) mass is 360 g/mol. The summed E-state index contributed by atoms with van der Waals surface area (Å²) in [6.45, 7) is -0.102. The van der Waals surface area contributed by atoms with E-state index in [0.717, 1.165) is 11.1 Å². The minimum atomic E-state index is -0.112. The summed E-state index contributed by atoms with van der Waals surface area (Å²) >= 11 is 0. The van der Waals surface area contributed by atoms with Crippen LogP contribution in [0.2, 0.25) is 0 Å². The van der Waals surface area contributed by atoms with Gasteiger partial charge in [0.05, 0.1) is 14.2 Å². The van der Waals surface area contributed by atoms with Gasteiger partial charge in [-0.3, -0.25) is 0 Å². The van der Waals surface area contributed by atoms with Crippen LogP contribution in [0.25, 0.3) is 0 Å². The number of aliphatic hydroxyl groups excluding tert-OH is 2. The van der Waals surface area contributed by atoms with Gasteiger partial charge in [0.15, 0.2) is 23.0 Å². The molecule has 0 amide bonds. The van der Waals surface area contributed by atoms with E-state index in [-0.39, 0.29) is 48.4 Å². The van der Waals surface area contributed by atoms with Crippen molar-refractivity contribution in [3.8, 4) is 23.0 Å². The molecule has 2 aromatic rings. The van der Waals surface area contributed by atoms with Crippen LogP contribution in [0.1, 0.15) is 23.0 Å². The molecule has 1 aliphatic carbocycles. The molecule has 1 aliphatic rings. The van der Waals surface area contributed by atoms with Gasteiger partial charge >= 0.3 is 0 Å². The van der Waals surface area contributed by atoms with Gasteiger partial charge in [0.2, 0.25) is 0 Å². The van der Waals surface area contributed by atoms with E-state index in [2.05, 4.69) is 0 Å². The molecule has 26 heavy (non-hydrogen) atoms. The molecule has 0 heterocycles. The molecular weight excluding hydrogens is 336 g/mol. The second-order valence-electron chi connectivity index (χ2n) is 6.61. The lowest BCUT2D eigenvalue weighted by Crippen LogP contribution is -2.47. The van der Waals surface area contributed by atoms with Gasteiger partial charge in [-0.2, -0.15) is 0 Å². The van der Waals surface area contributed by atoms with E-state index in [1.807, 2.05) is 12.1 Å². The molecule has 6 nitrogen and oxygen atoms in total. The first-order valence-electron chi connectivity index (χ1n) is 8.51. The van der Waals surface area contributed by atoms with Crippen molar-refractivity contribution in [3.63, 3.8) is 0 Å².